The molecule has 392 valence electrons. The van der Waals surface area contributed by atoms with Crippen LogP contribution in [0.4, 0.5) is 0 Å². The molecule has 0 aliphatic heterocycles. The highest BCUT2D eigenvalue weighted by Crippen LogP contribution is 2.14. The van der Waals surface area contributed by atoms with E-state index in [9.17, 15) is 9.59 Å². The molecule has 0 aromatic rings. The normalized spacial score (nSPS) is 12.8. The lowest BCUT2D eigenvalue weighted by Gasteiger charge is -2.18. The zero-order chi connectivity index (χ0) is 49.2. The summed E-state index contributed by atoms with van der Waals surface area (Å²) in [6.45, 7) is 7.67. The maximum Gasteiger partial charge on any atom is 0.306 e. The van der Waals surface area contributed by atoms with E-state index < -0.39 is 6.10 Å². The molecule has 1 atom stereocenters. The van der Waals surface area contributed by atoms with Crippen LogP contribution >= 0.6 is 0 Å². The molecular formula is C63H110O5. The fourth-order valence-electron chi connectivity index (χ4n) is 8.06. The van der Waals surface area contributed by atoms with E-state index in [4.69, 9.17) is 14.2 Å². The van der Waals surface area contributed by atoms with Gasteiger partial charge in [0.1, 0.15) is 6.61 Å². The van der Waals surface area contributed by atoms with E-state index in [0.29, 0.717) is 19.4 Å². The predicted octanol–water partition coefficient (Wildman–Crippen LogP) is 20.0. The number of allylic oxidation sites excluding steroid dienone is 14. The molecule has 5 nitrogen and oxygen atoms in total. The molecule has 0 aliphatic carbocycles. The molecule has 0 aliphatic rings. The number of hydrogen-bond acceptors (Lipinski definition) is 5. The highest BCUT2D eigenvalue weighted by atomic mass is 16.6. The zero-order valence-corrected chi connectivity index (χ0v) is 45.1. The van der Waals surface area contributed by atoms with Crippen molar-refractivity contribution in [1.82, 2.24) is 0 Å². The lowest BCUT2D eigenvalue weighted by Crippen LogP contribution is -2.30. The van der Waals surface area contributed by atoms with Crippen LogP contribution in [0.5, 0.6) is 0 Å². The van der Waals surface area contributed by atoms with Gasteiger partial charge in [-0.1, -0.05) is 234 Å². The lowest BCUT2D eigenvalue weighted by atomic mass is 10.1. The Morgan fingerprint density at radius 3 is 1.10 bits per heavy atom. The average Bonchev–Trinajstić information content (AvgIpc) is 3.34. The minimum Gasteiger partial charge on any atom is -0.462 e. The van der Waals surface area contributed by atoms with Crippen molar-refractivity contribution in [3.8, 4) is 0 Å². The van der Waals surface area contributed by atoms with Crippen molar-refractivity contribution in [2.24, 2.45) is 0 Å². The number of esters is 2. The molecule has 68 heavy (non-hydrogen) atoms. The second-order valence-corrected chi connectivity index (χ2v) is 19.2. The topological polar surface area (TPSA) is 61.8 Å². The first-order valence-electron chi connectivity index (χ1n) is 29.1. The first kappa shape index (κ1) is 65.1. The van der Waals surface area contributed by atoms with E-state index in [1.165, 1.54) is 148 Å². The number of ether oxygens (including phenoxy) is 3. The standard InChI is InChI=1S/C63H110O5/c1-4-7-10-13-16-19-22-25-28-31-34-37-40-43-46-49-52-55-58-66-59-61(68-63(65)57-54-51-48-45-42-39-36-33-30-27-24-21-18-15-12-9-6-3)60-67-62(64)56-53-50-47-44-41-38-35-32-29-26-23-20-17-14-11-8-5-2/h8,11,16-17,19-20,25-30,35,38,61H,4-7,9-10,12-15,18,21-24,31-34,36-37,39-60H2,1-3H3/b11-8-,19-16-,20-17-,28-25-,29-26-,30-27-,38-35-. The van der Waals surface area contributed by atoms with Crippen LogP contribution < -0.4 is 0 Å². The molecule has 0 rings (SSSR count). The van der Waals surface area contributed by atoms with Gasteiger partial charge < -0.3 is 14.2 Å². The molecule has 0 radical (unpaired) electrons. The number of unbranched alkanes of at least 4 members (excludes halogenated alkanes) is 28. The Kier molecular flexibility index (Phi) is 55.9. The minimum atomic E-state index is -0.556. The van der Waals surface area contributed by atoms with Gasteiger partial charge in [-0.3, -0.25) is 9.59 Å². The second kappa shape index (κ2) is 58.4. The van der Waals surface area contributed by atoms with Gasteiger partial charge in [0.05, 0.1) is 6.61 Å². The molecular weight excluding hydrogens is 837 g/mol. The highest BCUT2D eigenvalue weighted by Gasteiger charge is 2.17. The molecule has 0 bridgehead atoms. The van der Waals surface area contributed by atoms with E-state index >= 15 is 0 Å². The van der Waals surface area contributed by atoms with Gasteiger partial charge in [-0.05, 0) is 116 Å². The number of carbonyl (C=O) groups excluding carboxylic acids is 2. The van der Waals surface area contributed by atoms with Gasteiger partial charge in [-0.15, -0.1) is 0 Å². The largest absolute Gasteiger partial charge is 0.462 e. The Balaban J connectivity index is 4.34. The second-order valence-electron chi connectivity index (χ2n) is 19.2. The third-order valence-corrected chi connectivity index (χ3v) is 12.4. The van der Waals surface area contributed by atoms with Gasteiger partial charge in [-0.2, -0.15) is 0 Å². The van der Waals surface area contributed by atoms with Crippen LogP contribution in [0.15, 0.2) is 85.1 Å². The maximum absolute atomic E-state index is 12.9. The SMILES string of the molecule is CC/C=C\C/C=C\C/C=C\C/C=C\CCCCCCC(=O)OCC(COCCCCCCCCCC/C=C\C/C=C\CCCCC)OC(=O)CCCCCCCCC/C=C\CCCCCCCC. The summed E-state index contributed by atoms with van der Waals surface area (Å²) in [5.74, 6) is -0.427. The smallest absolute Gasteiger partial charge is 0.306 e. The number of rotatable bonds is 53. The van der Waals surface area contributed by atoms with Crippen molar-refractivity contribution >= 4 is 11.9 Å². The molecule has 0 saturated heterocycles. The van der Waals surface area contributed by atoms with Gasteiger partial charge in [0.25, 0.3) is 0 Å². The van der Waals surface area contributed by atoms with Gasteiger partial charge in [-0.25, -0.2) is 0 Å². The average molecular weight is 948 g/mol. The third-order valence-electron chi connectivity index (χ3n) is 12.4. The fraction of sp³-hybridized carbons (Fsp3) is 0.746. The molecule has 0 spiro atoms. The van der Waals surface area contributed by atoms with Crippen molar-refractivity contribution in [1.29, 1.82) is 0 Å². The van der Waals surface area contributed by atoms with E-state index in [0.717, 1.165) is 96.3 Å². The maximum atomic E-state index is 12.9. The Labute approximate surface area is 422 Å². The summed E-state index contributed by atoms with van der Waals surface area (Å²) >= 11 is 0. The van der Waals surface area contributed by atoms with Gasteiger partial charge in [0.2, 0.25) is 0 Å². The molecule has 0 aromatic carbocycles. The van der Waals surface area contributed by atoms with Crippen molar-refractivity contribution in [3.05, 3.63) is 85.1 Å². The third kappa shape index (κ3) is 55.7. The summed E-state index contributed by atoms with van der Waals surface area (Å²) in [6, 6.07) is 0. The molecule has 0 fully saturated rings. The lowest BCUT2D eigenvalue weighted by molar-refractivity contribution is -0.163. The van der Waals surface area contributed by atoms with E-state index in [2.05, 4.69) is 106 Å². The predicted molar refractivity (Wildman–Crippen MR) is 297 cm³/mol. The van der Waals surface area contributed by atoms with Crippen LogP contribution in [-0.2, 0) is 23.8 Å². The summed E-state index contributed by atoms with van der Waals surface area (Å²) in [7, 11) is 0. The molecule has 0 N–H and O–H groups in total. The number of hydrogen-bond donors (Lipinski definition) is 0. The van der Waals surface area contributed by atoms with E-state index in [1.54, 1.807) is 0 Å². The van der Waals surface area contributed by atoms with E-state index in [-0.39, 0.29) is 25.2 Å². The van der Waals surface area contributed by atoms with Crippen molar-refractivity contribution in [2.75, 3.05) is 19.8 Å². The summed E-state index contributed by atoms with van der Waals surface area (Å²) in [5.41, 5.74) is 0. The number of carbonyl (C=O) groups is 2. The van der Waals surface area contributed by atoms with Gasteiger partial charge >= 0.3 is 11.9 Å². The van der Waals surface area contributed by atoms with Crippen LogP contribution in [0, 0.1) is 0 Å². The van der Waals surface area contributed by atoms with Crippen LogP contribution in [0.3, 0.4) is 0 Å². The Morgan fingerprint density at radius 2 is 0.662 bits per heavy atom. The molecule has 1 unspecified atom stereocenters. The van der Waals surface area contributed by atoms with Crippen molar-refractivity contribution < 1.29 is 23.8 Å². The fourth-order valence-corrected chi connectivity index (χ4v) is 8.06. The molecule has 5 heteroatoms. The highest BCUT2D eigenvalue weighted by molar-refractivity contribution is 5.70. The Hall–Kier alpha value is -2.92. The molecule has 0 aromatic heterocycles. The van der Waals surface area contributed by atoms with Crippen LogP contribution in [-0.4, -0.2) is 37.9 Å². The first-order valence-corrected chi connectivity index (χ1v) is 29.1. The Morgan fingerprint density at radius 1 is 0.338 bits per heavy atom. The molecule has 0 saturated carbocycles. The van der Waals surface area contributed by atoms with Gasteiger partial charge in [0.15, 0.2) is 6.10 Å². The Bertz CT molecular complexity index is 1250. The van der Waals surface area contributed by atoms with E-state index in [1.807, 2.05) is 0 Å². The summed E-state index contributed by atoms with van der Waals surface area (Å²) in [5, 5.41) is 0. The van der Waals surface area contributed by atoms with Crippen LogP contribution in [0.1, 0.15) is 278 Å². The van der Waals surface area contributed by atoms with Crippen LogP contribution in [0.25, 0.3) is 0 Å². The van der Waals surface area contributed by atoms with Crippen LogP contribution in [0.2, 0.25) is 0 Å². The summed E-state index contributed by atoms with van der Waals surface area (Å²) in [6.07, 6.45) is 77.4. The minimum absolute atomic E-state index is 0.0661. The van der Waals surface area contributed by atoms with Crippen molar-refractivity contribution in [3.63, 3.8) is 0 Å². The molecule has 0 amide bonds. The van der Waals surface area contributed by atoms with Gasteiger partial charge in [0, 0.05) is 19.4 Å². The monoisotopic (exact) mass is 947 g/mol. The zero-order valence-electron chi connectivity index (χ0n) is 45.1. The molecule has 0 heterocycles. The quantitative estimate of drug-likeness (QED) is 0.0345. The summed E-state index contributed by atoms with van der Waals surface area (Å²) < 4.78 is 17.5. The van der Waals surface area contributed by atoms with Crippen molar-refractivity contribution in [2.45, 2.75) is 284 Å². The first-order chi connectivity index (χ1) is 33.6. The summed E-state index contributed by atoms with van der Waals surface area (Å²) in [4.78, 5) is 25.5.